The summed E-state index contributed by atoms with van der Waals surface area (Å²) in [6.07, 6.45) is 8.36. The summed E-state index contributed by atoms with van der Waals surface area (Å²) in [5.41, 5.74) is 3.62. The second-order valence-corrected chi connectivity index (χ2v) is 4.54. The molecule has 0 aromatic rings. The van der Waals surface area contributed by atoms with Crippen LogP contribution < -0.4 is 0 Å². The van der Waals surface area contributed by atoms with E-state index in [0.717, 1.165) is 0 Å². The highest BCUT2D eigenvalue weighted by Gasteiger charge is 2.23. The topological polar surface area (TPSA) is 0 Å². The van der Waals surface area contributed by atoms with Gasteiger partial charge < -0.3 is 0 Å². The number of hydrogen-bond acceptors (Lipinski definition) is 0. The van der Waals surface area contributed by atoms with Crippen molar-refractivity contribution in [3.05, 3.63) is 23.3 Å². The van der Waals surface area contributed by atoms with E-state index in [1.165, 1.54) is 24.8 Å². The molecule has 0 aromatic carbocycles. The SMILES string of the molecule is CC=C1C=C(CC)CC(C)(C)C1. The van der Waals surface area contributed by atoms with Crippen LogP contribution in [0.15, 0.2) is 23.3 Å². The van der Waals surface area contributed by atoms with Crippen molar-refractivity contribution in [1.82, 2.24) is 0 Å². The first kappa shape index (κ1) is 9.57. The number of allylic oxidation sites excluding steroid dienone is 4. The molecule has 0 nitrogen and oxygen atoms in total. The van der Waals surface area contributed by atoms with Gasteiger partial charge in [-0.3, -0.25) is 0 Å². The highest BCUT2D eigenvalue weighted by molar-refractivity contribution is 5.29. The molecule has 12 heavy (non-hydrogen) atoms. The van der Waals surface area contributed by atoms with Crippen molar-refractivity contribution in [2.75, 3.05) is 0 Å². The zero-order valence-electron chi connectivity index (χ0n) is 8.78. The van der Waals surface area contributed by atoms with Gasteiger partial charge in [0, 0.05) is 0 Å². The summed E-state index contributed by atoms with van der Waals surface area (Å²) in [7, 11) is 0. The summed E-state index contributed by atoms with van der Waals surface area (Å²) in [5, 5.41) is 0. The lowest BCUT2D eigenvalue weighted by atomic mass is 9.75. The standard InChI is InChI=1S/C12H20/c1-5-10-7-11(6-2)9-12(3,4)8-10/h5,7H,6,8-9H2,1-4H3. The van der Waals surface area contributed by atoms with Crippen LogP contribution in [0.5, 0.6) is 0 Å². The van der Waals surface area contributed by atoms with Crippen LogP contribution >= 0.6 is 0 Å². The lowest BCUT2D eigenvalue weighted by molar-refractivity contribution is 0.348. The predicted molar refractivity (Wildman–Crippen MR) is 55.1 cm³/mol. The van der Waals surface area contributed by atoms with Crippen LogP contribution in [-0.2, 0) is 0 Å². The lowest BCUT2D eigenvalue weighted by Crippen LogP contribution is -2.16. The lowest BCUT2D eigenvalue weighted by Gasteiger charge is -2.31. The highest BCUT2D eigenvalue weighted by Crippen LogP contribution is 2.38. The van der Waals surface area contributed by atoms with E-state index in [-0.39, 0.29) is 0 Å². The molecule has 0 radical (unpaired) electrons. The van der Waals surface area contributed by atoms with Crippen LogP contribution in [0, 0.1) is 5.41 Å². The third-order valence-corrected chi connectivity index (χ3v) is 2.60. The molecule has 1 aliphatic rings. The average molecular weight is 164 g/mol. The van der Waals surface area contributed by atoms with E-state index in [9.17, 15) is 0 Å². The molecule has 0 aliphatic heterocycles. The van der Waals surface area contributed by atoms with Crippen molar-refractivity contribution in [2.45, 2.75) is 47.0 Å². The van der Waals surface area contributed by atoms with Crippen molar-refractivity contribution in [3.63, 3.8) is 0 Å². The molecule has 1 aliphatic carbocycles. The molecule has 0 spiro atoms. The van der Waals surface area contributed by atoms with Crippen LogP contribution in [0.3, 0.4) is 0 Å². The first-order valence-corrected chi connectivity index (χ1v) is 4.92. The maximum atomic E-state index is 2.38. The first-order chi connectivity index (χ1) is 5.57. The zero-order chi connectivity index (χ0) is 9.19. The Morgan fingerprint density at radius 1 is 1.42 bits per heavy atom. The van der Waals surface area contributed by atoms with Crippen LogP contribution in [0.1, 0.15) is 47.0 Å². The highest BCUT2D eigenvalue weighted by atomic mass is 14.3. The van der Waals surface area contributed by atoms with Gasteiger partial charge in [0.2, 0.25) is 0 Å². The summed E-state index contributed by atoms with van der Waals surface area (Å²) in [6.45, 7) is 9.11. The monoisotopic (exact) mass is 164 g/mol. The molecule has 0 atom stereocenters. The minimum atomic E-state index is 0.488. The third kappa shape index (κ3) is 2.23. The molecular formula is C12H20. The van der Waals surface area contributed by atoms with Gasteiger partial charge in [0.25, 0.3) is 0 Å². The molecule has 1 rings (SSSR count). The van der Waals surface area contributed by atoms with Crippen LogP contribution in [0.2, 0.25) is 0 Å². The van der Waals surface area contributed by atoms with Gasteiger partial charge in [0.15, 0.2) is 0 Å². The maximum Gasteiger partial charge on any atom is -0.0227 e. The van der Waals surface area contributed by atoms with Crippen molar-refractivity contribution in [3.8, 4) is 0 Å². The summed E-state index contributed by atoms with van der Waals surface area (Å²) < 4.78 is 0. The maximum absolute atomic E-state index is 2.38. The van der Waals surface area contributed by atoms with Gasteiger partial charge in [-0.1, -0.05) is 44.1 Å². The fourth-order valence-electron chi connectivity index (χ4n) is 2.01. The van der Waals surface area contributed by atoms with E-state index in [0.29, 0.717) is 5.41 Å². The van der Waals surface area contributed by atoms with Gasteiger partial charge in [-0.05, 0) is 31.6 Å². The first-order valence-electron chi connectivity index (χ1n) is 4.92. The summed E-state index contributed by atoms with van der Waals surface area (Å²) >= 11 is 0. The van der Waals surface area contributed by atoms with E-state index >= 15 is 0 Å². The van der Waals surface area contributed by atoms with Gasteiger partial charge in [0.1, 0.15) is 0 Å². The minimum Gasteiger partial charge on any atom is -0.0844 e. The van der Waals surface area contributed by atoms with Gasteiger partial charge in [-0.15, -0.1) is 0 Å². The second-order valence-electron chi connectivity index (χ2n) is 4.54. The molecule has 0 amide bonds. The minimum absolute atomic E-state index is 0.488. The van der Waals surface area contributed by atoms with E-state index in [1.54, 1.807) is 5.57 Å². The number of rotatable bonds is 1. The average Bonchev–Trinajstić information content (AvgIpc) is 2.01. The van der Waals surface area contributed by atoms with Crippen molar-refractivity contribution in [2.24, 2.45) is 5.41 Å². The van der Waals surface area contributed by atoms with Gasteiger partial charge in [0.05, 0.1) is 0 Å². The molecule has 0 heteroatoms. The molecule has 68 valence electrons. The van der Waals surface area contributed by atoms with E-state index in [4.69, 9.17) is 0 Å². The second kappa shape index (κ2) is 3.47. The number of hydrogen-bond donors (Lipinski definition) is 0. The Kier molecular flexibility index (Phi) is 2.76. The van der Waals surface area contributed by atoms with Crippen LogP contribution in [-0.4, -0.2) is 0 Å². The van der Waals surface area contributed by atoms with Gasteiger partial charge in [-0.2, -0.15) is 0 Å². The Morgan fingerprint density at radius 3 is 2.58 bits per heavy atom. The summed E-state index contributed by atoms with van der Waals surface area (Å²) in [4.78, 5) is 0. The Bertz CT molecular complexity index is 216. The quantitative estimate of drug-likeness (QED) is 0.547. The normalized spacial score (nSPS) is 25.7. The van der Waals surface area contributed by atoms with Crippen molar-refractivity contribution >= 4 is 0 Å². The Balaban J connectivity index is 2.86. The largest absolute Gasteiger partial charge is 0.0844 e. The van der Waals surface area contributed by atoms with E-state index < -0.39 is 0 Å². The molecule has 0 fully saturated rings. The summed E-state index contributed by atoms with van der Waals surface area (Å²) in [6, 6.07) is 0. The Hall–Kier alpha value is -0.520. The van der Waals surface area contributed by atoms with Crippen LogP contribution in [0.4, 0.5) is 0 Å². The molecule has 0 aromatic heterocycles. The summed E-state index contributed by atoms with van der Waals surface area (Å²) in [5.74, 6) is 0. The zero-order valence-corrected chi connectivity index (χ0v) is 8.78. The van der Waals surface area contributed by atoms with Crippen molar-refractivity contribution < 1.29 is 0 Å². The Morgan fingerprint density at radius 2 is 2.08 bits per heavy atom. The van der Waals surface area contributed by atoms with Gasteiger partial charge in [-0.25, -0.2) is 0 Å². The molecule has 0 bridgehead atoms. The molecule has 0 unspecified atom stereocenters. The Labute approximate surface area is 76.4 Å². The molecule has 0 heterocycles. The molecule has 0 saturated carbocycles. The fraction of sp³-hybridized carbons (Fsp3) is 0.667. The smallest absolute Gasteiger partial charge is 0.0227 e. The molecule has 0 saturated heterocycles. The molecular weight excluding hydrogens is 144 g/mol. The molecule has 0 N–H and O–H groups in total. The third-order valence-electron chi connectivity index (χ3n) is 2.60. The van der Waals surface area contributed by atoms with E-state index in [1.807, 2.05) is 0 Å². The predicted octanol–water partition coefficient (Wildman–Crippen LogP) is 4.09. The van der Waals surface area contributed by atoms with Gasteiger partial charge >= 0.3 is 0 Å². The van der Waals surface area contributed by atoms with Crippen LogP contribution in [0.25, 0.3) is 0 Å². The van der Waals surface area contributed by atoms with E-state index in [2.05, 4.69) is 39.8 Å². The fourth-order valence-corrected chi connectivity index (χ4v) is 2.01. The van der Waals surface area contributed by atoms with Crippen molar-refractivity contribution in [1.29, 1.82) is 0 Å².